The van der Waals surface area contributed by atoms with E-state index in [4.69, 9.17) is 32.5 Å². The zero-order chi connectivity index (χ0) is 31.2. The molecule has 3 rings (SSSR count). The van der Waals surface area contributed by atoms with Gasteiger partial charge in [0.1, 0.15) is 17.9 Å². The van der Waals surface area contributed by atoms with Crippen molar-refractivity contribution < 1.29 is 28.4 Å². The summed E-state index contributed by atoms with van der Waals surface area (Å²) in [6.07, 6.45) is 0.0331. The number of amides is 3. The second-order valence-electron chi connectivity index (χ2n) is 10.5. The number of fused-ring (bicyclic) bond motifs is 1. The van der Waals surface area contributed by atoms with Gasteiger partial charge in [-0.3, -0.25) is 9.59 Å². The fraction of sp³-hybridized carbons (Fsp3) is 0.481. The van der Waals surface area contributed by atoms with E-state index in [2.05, 4.69) is 20.6 Å². The van der Waals surface area contributed by atoms with Crippen molar-refractivity contribution in [3.63, 3.8) is 0 Å². The van der Waals surface area contributed by atoms with Crippen LogP contribution in [0.5, 0.6) is 5.75 Å². The number of nitrogens with one attached hydrogen (secondary N) is 2. The summed E-state index contributed by atoms with van der Waals surface area (Å²) in [5, 5.41) is 5.37. The van der Waals surface area contributed by atoms with Crippen LogP contribution in [0.1, 0.15) is 50.4 Å². The number of anilines is 2. The molecule has 14 nitrogen and oxygen atoms in total. The summed E-state index contributed by atoms with van der Waals surface area (Å²) >= 11 is 5.95. The molecular weight excluding hydrogens is 566 g/mol. The molecule has 3 aromatic rings. The molecule has 0 saturated heterocycles. The Kier molecular flexibility index (Phi) is 10.4. The number of benzene rings is 1. The fourth-order valence-electron chi connectivity index (χ4n) is 4.27. The smallest absolute Gasteiger partial charge is 0.407 e. The number of imidazole rings is 1. The van der Waals surface area contributed by atoms with Gasteiger partial charge < -0.3 is 36.5 Å². The summed E-state index contributed by atoms with van der Waals surface area (Å²) in [7, 11) is 3.28. The number of nitrogens with zero attached hydrogens (tertiary/aromatic N) is 5. The Morgan fingerprint density at radius 2 is 1.86 bits per heavy atom. The number of alkyl carbamates (subject to hydrolysis) is 1. The molecule has 0 atom stereocenters. The van der Waals surface area contributed by atoms with Gasteiger partial charge in [0.15, 0.2) is 40.1 Å². The Morgan fingerprint density at radius 3 is 2.50 bits per heavy atom. The molecule has 0 aliphatic carbocycles. The van der Waals surface area contributed by atoms with Crippen LogP contribution in [-0.4, -0.2) is 70.2 Å². The maximum atomic E-state index is 13.3. The third-order valence-corrected chi connectivity index (χ3v) is 6.57. The summed E-state index contributed by atoms with van der Waals surface area (Å²) in [6.45, 7) is 8.71. The Balaban J connectivity index is 1.80. The topological polar surface area (TPSA) is 184 Å². The first kappa shape index (κ1) is 32.2. The number of carbonyl (C=O) groups is 3. The molecule has 0 aliphatic rings. The number of carbonyl (C=O) groups excluding carboxylic acids is 3. The van der Waals surface area contributed by atoms with Crippen molar-refractivity contribution in [2.75, 3.05) is 38.7 Å². The predicted molar refractivity (Wildman–Crippen MR) is 158 cm³/mol. The van der Waals surface area contributed by atoms with Crippen LogP contribution in [0, 0.1) is 0 Å². The molecule has 228 valence electrons. The molecule has 0 fully saturated rings. The van der Waals surface area contributed by atoms with Crippen LogP contribution in [-0.2, 0) is 29.2 Å². The van der Waals surface area contributed by atoms with Gasteiger partial charge in [-0.1, -0.05) is 11.6 Å². The van der Waals surface area contributed by atoms with E-state index in [1.54, 1.807) is 39.8 Å². The lowest BCUT2D eigenvalue weighted by Crippen LogP contribution is -2.48. The molecule has 2 heterocycles. The van der Waals surface area contributed by atoms with E-state index in [0.29, 0.717) is 37.6 Å². The van der Waals surface area contributed by atoms with Crippen molar-refractivity contribution in [1.82, 2.24) is 30.1 Å². The number of aromatic nitrogens is 4. The van der Waals surface area contributed by atoms with E-state index in [1.807, 2.05) is 34.3 Å². The van der Waals surface area contributed by atoms with E-state index in [0.717, 1.165) is 11.0 Å². The van der Waals surface area contributed by atoms with E-state index in [-0.39, 0.29) is 41.5 Å². The molecule has 2 aromatic heterocycles. The average molecular weight is 605 g/mol. The SMILES string of the molecule is CCn1c(CNC(=O)c2nc(Cl)c(N)nc2N)[n+](CC(=O)N(C)CCCNC(=O)OC(C)(C)C)c2ccc(OC)cc21. The monoisotopic (exact) mass is 604 g/mol. The Bertz CT molecular complexity index is 1470. The second-order valence-corrected chi connectivity index (χ2v) is 10.9. The molecule has 3 amide bonds. The summed E-state index contributed by atoms with van der Waals surface area (Å²) in [6, 6.07) is 5.55. The molecule has 1 aromatic carbocycles. The van der Waals surface area contributed by atoms with E-state index in [9.17, 15) is 14.4 Å². The number of ether oxygens (including phenoxy) is 2. The van der Waals surface area contributed by atoms with Gasteiger partial charge in [-0.15, -0.1) is 0 Å². The van der Waals surface area contributed by atoms with Gasteiger partial charge in [0.2, 0.25) is 0 Å². The van der Waals surface area contributed by atoms with Crippen molar-refractivity contribution in [2.24, 2.45) is 0 Å². The number of hydrogen-bond donors (Lipinski definition) is 4. The lowest BCUT2D eigenvalue weighted by molar-refractivity contribution is -0.668. The highest BCUT2D eigenvalue weighted by atomic mass is 35.5. The maximum Gasteiger partial charge on any atom is 0.407 e. The number of nitrogens with two attached hydrogens (primary N) is 2. The van der Waals surface area contributed by atoms with E-state index < -0.39 is 17.6 Å². The van der Waals surface area contributed by atoms with Gasteiger partial charge in [-0.05, 0) is 46.2 Å². The first-order valence-corrected chi connectivity index (χ1v) is 13.8. The Labute approximate surface area is 249 Å². The van der Waals surface area contributed by atoms with Crippen molar-refractivity contribution in [3.05, 3.63) is 34.9 Å². The van der Waals surface area contributed by atoms with Gasteiger partial charge in [0, 0.05) is 26.2 Å². The normalized spacial score (nSPS) is 11.3. The molecule has 6 N–H and O–H groups in total. The molecule has 0 saturated carbocycles. The number of halogens is 1. The van der Waals surface area contributed by atoms with Crippen molar-refractivity contribution in [1.29, 1.82) is 0 Å². The van der Waals surface area contributed by atoms with Crippen LogP contribution in [0.3, 0.4) is 0 Å². The van der Waals surface area contributed by atoms with Gasteiger partial charge >= 0.3 is 6.09 Å². The standard InChI is InChI=1S/C27H38ClN9O5/c1-7-36-18-13-16(41-6)9-10-17(18)37(15-20(38)35(5)12-8-11-31-26(40)42-27(2,3)4)19(36)14-32-25(39)21-23(29)34-24(30)22(28)33-21/h9-10,13H,7-8,11-12,14-15H2,1-6H3,(H5-,29,30,31,32,34,39,40)/p+1. The molecule has 0 radical (unpaired) electrons. The van der Waals surface area contributed by atoms with Gasteiger partial charge in [-0.2, -0.15) is 0 Å². The fourth-order valence-corrected chi connectivity index (χ4v) is 4.40. The van der Waals surface area contributed by atoms with Crippen LogP contribution in [0.25, 0.3) is 11.0 Å². The summed E-state index contributed by atoms with van der Waals surface area (Å²) in [4.78, 5) is 47.6. The van der Waals surface area contributed by atoms with Crippen LogP contribution >= 0.6 is 11.6 Å². The first-order valence-electron chi connectivity index (χ1n) is 13.4. The first-order chi connectivity index (χ1) is 19.7. The highest BCUT2D eigenvalue weighted by molar-refractivity contribution is 6.31. The summed E-state index contributed by atoms with van der Waals surface area (Å²) < 4.78 is 14.5. The predicted octanol–water partition coefficient (Wildman–Crippen LogP) is 1.87. The highest BCUT2D eigenvalue weighted by Gasteiger charge is 2.28. The second kappa shape index (κ2) is 13.6. The van der Waals surface area contributed by atoms with Crippen LogP contribution < -0.4 is 31.4 Å². The van der Waals surface area contributed by atoms with E-state index >= 15 is 0 Å². The van der Waals surface area contributed by atoms with Gasteiger partial charge in [0.05, 0.1) is 13.7 Å². The molecule has 15 heteroatoms. The number of nitrogen functional groups attached to an aromatic ring is 2. The maximum absolute atomic E-state index is 13.3. The van der Waals surface area contributed by atoms with Crippen molar-refractivity contribution in [2.45, 2.75) is 59.4 Å². The molecular formula is C27H39ClN9O5+. The van der Waals surface area contributed by atoms with Crippen LogP contribution in [0.4, 0.5) is 16.4 Å². The third-order valence-electron chi connectivity index (χ3n) is 6.29. The number of aryl methyl sites for hydroxylation is 1. The molecule has 0 bridgehead atoms. The minimum Gasteiger partial charge on any atom is -0.497 e. The third kappa shape index (κ3) is 7.90. The highest BCUT2D eigenvalue weighted by Crippen LogP contribution is 2.22. The largest absolute Gasteiger partial charge is 0.497 e. The minimum atomic E-state index is -0.597. The van der Waals surface area contributed by atoms with Crippen LogP contribution in [0.2, 0.25) is 5.15 Å². The molecule has 0 unspecified atom stereocenters. The zero-order valence-electron chi connectivity index (χ0n) is 24.8. The van der Waals surface area contributed by atoms with Crippen molar-refractivity contribution >= 4 is 52.2 Å². The Hall–Kier alpha value is -4.33. The van der Waals surface area contributed by atoms with E-state index in [1.165, 1.54) is 0 Å². The minimum absolute atomic E-state index is 0.00662. The summed E-state index contributed by atoms with van der Waals surface area (Å²) in [5.41, 5.74) is 12.3. The average Bonchev–Trinajstić information content (AvgIpc) is 3.21. The Morgan fingerprint density at radius 1 is 1.14 bits per heavy atom. The lowest BCUT2D eigenvalue weighted by Gasteiger charge is -2.20. The molecule has 0 spiro atoms. The van der Waals surface area contributed by atoms with Crippen LogP contribution in [0.15, 0.2) is 18.2 Å². The molecule has 42 heavy (non-hydrogen) atoms. The molecule has 0 aliphatic heterocycles. The number of methoxy groups -OCH3 is 1. The number of hydrogen-bond acceptors (Lipinski definition) is 9. The quantitative estimate of drug-likeness (QED) is 0.187. The zero-order valence-corrected chi connectivity index (χ0v) is 25.5. The number of likely N-dealkylation sites (N-methyl/N-ethyl adjacent to an activating group) is 1. The van der Waals surface area contributed by atoms with Gasteiger partial charge in [0.25, 0.3) is 17.6 Å². The summed E-state index contributed by atoms with van der Waals surface area (Å²) in [5.74, 6) is 0.331. The van der Waals surface area contributed by atoms with Crippen molar-refractivity contribution in [3.8, 4) is 5.75 Å². The lowest BCUT2D eigenvalue weighted by atomic mass is 10.2. The number of rotatable bonds is 11. The van der Waals surface area contributed by atoms with Gasteiger partial charge in [-0.25, -0.2) is 23.9 Å².